The first-order valence-corrected chi connectivity index (χ1v) is 9.23. The summed E-state index contributed by atoms with van der Waals surface area (Å²) in [5.41, 5.74) is 6.05. The van der Waals surface area contributed by atoms with Gasteiger partial charge in [0.25, 0.3) is 5.91 Å². The van der Waals surface area contributed by atoms with Crippen LogP contribution in [0, 0.1) is 0 Å². The van der Waals surface area contributed by atoms with Crippen LogP contribution in [-0.4, -0.2) is 44.3 Å². The zero-order chi connectivity index (χ0) is 19.7. The summed E-state index contributed by atoms with van der Waals surface area (Å²) >= 11 is 0. The molecule has 1 saturated heterocycles. The molecule has 1 fully saturated rings. The van der Waals surface area contributed by atoms with Crippen molar-refractivity contribution in [2.24, 2.45) is 5.73 Å². The van der Waals surface area contributed by atoms with Crippen molar-refractivity contribution in [3.05, 3.63) is 64.5 Å². The summed E-state index contributed by atoms with van der Waals surface area (Å²) < 4.78 is 1.73. The maximum atomic E-state index is 13.0. The third-order valence-electron chi connectivity index (χ3n) is 5.12. The Morgan fingerprint density at radius 2 is 2.11 bits per heavy atom. The summed E-state index contributed by atoms with van der Waals surface area (Å²) in [5.74, 6) is 0.125. The van der Waals surface area contributed by atoms with Crippen molar-refractivity contribution >= 4 is 22.7 Å². The Labute approximate surface area is 161 Å². The molecule has 0 spiro atoms. The summed E-state index contributed by atoms with van der Waals surface area (Å²) in [6.45, 7) is 1.15. The lowest BCUT2D eigenvalue weighted by Gasteiger charge is -2.32. The van der Waals surface area contributed by atoms with Crippen LogP contribution in [0.5, 0.6) is 0 Å². The lowest BCUT2D eigenvalue weighted by Crippen LogP contribution is -2.40. The molecule has 8 heteroatoms. The molecule has 0 aliphatic carbocycles. The number of benzene rings is 1. The number of pyridine rings is 1. The summed E-state index contributed by atoms with van der Waals surface area (Å²) in [6.07, 6.45) is 5.05. The van der Waals surface area contributed by atoms with Crippen LogP contribution in [-0.2, 0) is 11.3 Å². The van der Waals surface area contributed by atoms with Gasteiger partial charge in [0, 0.05) is 48.4 Å². The van der Waals surface area contributed by atoms with Crippen LogP contribution in [0.1, 0.15) is 35.1 Å². The Balaban J connectivity index is 1.58. The molecule has 1 aliphatic heterocycles. The van der Waals surface area contributed by atoms with Crippen molar-refractivity contribution in [3.63, 3.8) is 0 Å². The molecule has 1 unspecified atom stereocenters. The molecule has 1 atom stereocenters. The SMILES string of the molecule is NC(=O)Cn1ccnc1C1CCCN(C(=O)c2cc(=O)c3ccccc3[nH]2)C1. The van der Waals surface area contributed by atoms with Crippen LogP contribution >= 0.6 is 0 Å². The lowest BCUT2D eigenvalue weighted by atomic mass is 9.96. The van der Waals surface area contributed by atoms with Gasteiger partial charge in [-0.3, -0.25) is 14.4 Å². The second kappa shape index (κ2) is 7.30. The van der Waals surface area contributed by atoms with E-state index >= 15 is 0 Å². The van der Waals surface area contributed by atoms with Crippen LogP contribution < -0.4 is 11.2 Å². The zero-order valence-corrected chi connectivity index (χ0v) is 15.3. The molecular formula is C20H21N5O3. The van der Waals surface area contributed by atoms with Crippen molar-refractivity contribution in [1.29, 1.82) is 0 Å². The van der Waals surface area contributed by atoms with E-state index in [1.807, 2.05) is 6.07 Å². The van der Waals surface area contributed by atoms with Gasteiger partial charge in [0.05, 0.1) is 0 Å². The second-order valence-corrected chi connectivity index (χ2v) is 7.06. The fourth-order valence-electron chi connectivity index (χ4n) is 3.84. The van der Waals surface area contributed by atoms with Gasteiger partial charge in [-0.1, -0.05) is 12.1 Å². The van der Waals surface area contributed by atoms with E-state index in [4.69, 9.17) is 5.73 Å². The van der Waals surface area contributed by atoms with Crippen LogP contribution in [0.3, 0.4) is 0 Å². The normalized spacial score (nSPS) is 17.0. The highest BCUT2D eigenvalue weighted by molar-refractivity contribution is 5.95. The molecule has 4 rings (SSSR count). The Morgan fingerprint density at radius 1 is 1.29 bits per heavy atom. The molecule has 1 aliphatic rings. The molecule has 8 nitrogen and oxygen atoms in total. The predicted octanol–water partition coefficient (Wildman–Crippen LogP) is 1.23. The van der Waals surface area contributed by atoms with Gasteiger partial charge in [-0.05, 0) is 25.0 Å². The summed E-state index contributed by atoms with van der Waals surface area (Å²) in [7, 11) is 0. The number of nitrogens with zero attached hydrogens (tertiary/aromatic N) is 3. The molecule has 3 aromatic rings. The molecule has 3 heterocycles. The molecule has 2 aromatic heterocycles. The van der Waals surface area contributed by atoms with Crippen molar-refractivity contribution in [1.82, 2.24) is 19.4 Å². The Hall–Kier alpha value is -3.42. The number of carbonyl (C=O) groups excluding carboxylic acids is 2. The first kappa shape index (κ1) is 18.0. The highest BCUT2D eigenvalue weighted by Crippen LogP contribution is 2.26. The minimum atomic E-state index is -0.434. The molecule has 3 N–H and O–H groups in total. The van der Waals surface area contributed by atoms with E-state index in [0.29, 0.717) is 24.0 Å². The van der Waals surface area contributed by atoms with Gasteiger partial charge in [0.2, 0.25) is 5.91 Å². The van der Waals surface area contributed by atoms with E-state index in [1.165, 1.54) is 6.07 Å². The fraction of sp³-hybridized carbons (Fsp3) is 0.300. The summed E-state index contributed by atoms with van der Waals surface area (Å²) in [4.78, 5) is 45.8. The number of carbonyl (C=O) groups is 2. The highest BCUT2D eigenvalue weighted by atomic mass is 16.2. The third-order valence-corrected chi connectivity index (χ3v) is 5.12. The van der Waals surface area contributed by atoms with Crippen molar-refractivity contribution < 1.29 is 9.59 Å². The molecule has 28 heavy (non-hydrogen) atoms. The van der Waals surface area contributed by atoms with Gasteiger partial charge in [-0.2, -0.15) is 0 Å². The van der Waals surface area contributed by atoms with Gasteiger partial charge in [-0.25, -0.2) is 4.98 Å². The minimum Gasteiger partial charge on any atom is -0.368 e. The number of nitrogens with one attached hydrogen (secondary N) is 1. The van der Waals surface area contributed by atoms with Gasteiger partial charge < -0.3 is 20.2 Å². The summed E-state index contributed by atoms with van der Waals surface area (Å²) in [6, 6.07) is 8.50. The zero-order valence-electron chi connectivity index (χ0n) is 15.3. The molecular weight excluding hydrogens is 358 g/mol. The van der Waals surface area contributed by atoms with E-state index in [0.717, 1.165) is 18.7 Å². The maximum absolute atomic E-state index is 13.0. The van der Waals surface area contributed by atoms with Gasteiger partial charge in [-0.15, -0.1) is 0 Å². The third kappa shape index (κ3) is 3.40. The van der Waals surface area contributed by atoms with Crippen LogP contribution in [0.4, 0.5) is 0 Å². The van der Waals surface area contributed by atoms with E-state index in [2.05, 4.69) is 9.97 Å². The smallest absolute Gasteiger partial charge is 0.270 e. The number of nitrogens with two attached hydrogens (primary N) is 1. The standard InChI is InChI=1S/C20H21N5O3/c21-18(27)12-24-9-7-22-19(24)13-4-3-8-25(11-13)20(28)16-10-17(26)14-5-1-2-6-15(14)23-16/h1-2,5-7,9-10,13H,3-4,8,11-12H2,(H2,21,27)(H,23,26). The average Bonchev–Trinajstić information content (AvgIpc) is 3.15. The molecule has 0 bridgehead atoms. The minimum absolute atomic E-state index is 0.0132. The molecule has 2 amide bonds. The number of primary amides is 1. The van der Waals surface area contributed by atoms with Crippen molar-refractivity contribution in [2.45, 2.75) is 25.3 Å². The number of aromatic nitrogens is 3. The number of para-hydroxylation sites is 1. The van der Waals surface area contributed by atoms with Crippen LogP contribution in [0.25, 0.3) is 10.9 Å². The number of amides is 2. The first-order chi connectivity index (χ1) is 13.5. The molecule has 144 valence electrons. The molecule has 0 radical (unpaired) electrons. The number of hydrogen-bond acceptors (Lipinski definition) is 4. The Morgan fingerprint density at radius 3 is 2.93 bits per heavy atom. The maximum Gasteiger partial charge on any atom is 0.270 e. The molecule has 1 aromatic carbocycles. The van der Waals surface area contributed by atoms with E-state index in [1.54, 1.807) is 40.1 Å². The van der Waals surface area contributed by atoms with Crippen LogP contribution in [0.2, 0.25) is 0 Å². The largest absolute Gasteiger partial charge is 0.368 e. The Bertz CT molecular complexity index is 1100. The number of fused-ring (bicyclic) bond motifs is 1. The van der Waals surface area contributed by atoms with E-state index in [9.17, 15) is 14.4 Å². The van der Waals surface area contributed by atoms with E-state index < -0.39 is 5.91 Å². The number of H-pyrrole nitrogens is 1. The van der Waals surface area contributed by atoms with Crippen molar-refractivity contribution in [3.8, 4) is 0 Å². The molecule has 0 saturated carbocycles. The van der Waals surface area contributed by atoms with Gasteiger partial charge in [0.15, 0.2) is 5.43 Å². The number of aromatic amines is 1. The van der Waals surface area contributed by atoms with Gasteiger partial charge >= 0.3 is 0 Å². The number of likely N-dealkylation sites (tertiary alicyclic amines) is 1. The number of piperidine rings is 1. The van der Waals surface area contributed by atoms with Gasteiger partial charge in [0.1, 0.15) is 18.1 Å². The quantitative estimate of drug-likeness (QED) is 0.709. The summed E-state index contributed by atoms with van der Waals surface area (Å²) in [5, 5.41) is 0.559. The predicted molar refractivity (Wildman–Crippen MR) is 104 cm³/mol. The first-order valence-electron chi connectivity index (χ1n) is 9.23. The number of rotatable bonds is 4. The fourth-order valence-corrected chi connectivity index (χ4v) is 3.84. The average molecular weight is 379 g/mol. The highest BCUT2D eigenvalue weighted by Gasteiger charge is 2.28. The second-order valence-electron chi connectivity index (χ2n) is 7.06. The Kier molecular flexibility index (Phi) is 4.68. The monoisotopic (exact) mass is 379 g/mol. The number of hydrogen-bond donors (Lipinski definition) is 2. The van der Waals surface area contributed by atoms with Crippen molar-refractivity contribution in [2.75, 3.05) is 13.1 Å². The number of imidazole rings is 1. The topological polar surface area (TPSA) is 114 Å². The lowest BCUT2D eigenvalue weighted by molar-refractivity contribution is -0.118. The van der Waals surface area contributed by atoms with E-state index in [-0.39, 0.29) is 29.5 Å². The van der Waals surface area contributed by atoms with Crippen LogP contribution in [0.15, 0.2) is 47.5 Å².